The third-order valence-electron chi connectivity index (χ3n) is 2.70. The molecule has 1 heterocycles. The maximum Gasteiger partial charge on any atom is 0.127 e. The molecule has 2 rings (SSSR count). The van der Waals surface area contributed by atoms with Crippen LogP contribution in [-0.2, 0) is 6.54 Å². The Kier molecular flexibility index (Phi) is 4.69. The molecule has 2 aromatic rings. The summed E-state index contributed by atoms with van der Waals surface area (Å²) < 4.78 is 13.6. The van der Waals surface area contributed by atoms with Gasteiger partial charge in [-0.2, -0.15) is 0 Å². The minimum Gasteiger partial charge on any atom is -0.304 e. The summed E-state index contributed by atoms with van der Waals surface area (Å²) in [5.41, 5.74) is 0.581. The van der Waals surface area contributed by atoms with Crippen LogP contribution >= 0.6 is 22.9 Å². The highest BCUT2D eigenvalue weighted by atomic mass is 35.5. The first-order chi connectivity index (χ1) is 8.70. The SMILES string of the molecule is CCC(NCc1cc(Cl)ccc1F)c1nccs1. The van der Waals surface area contributed by atoms with Gasteiger partial charge in [0.15, 0.2) is 0 Å². The Morgan fingerprint density at radius 1 is 1.50 bits per heavy atom. The van der Waals surface area contributed by atoms with Crippen LogP contribution in [0.5, 0.6) is 0 Å². The smallest absolute Gasteiger partial charge is 0.127 e. The van der Waals surface area contributed by atoms with Crippen LogP contribution in [0.15, 0.2) is 29.8 Å². The molecule has 0 bridgehead atoms. The fraction of sp³-hybridized carbons (Fsp3) is 0.308. The lowest BCUT2D eigenvalue weighted by Crippen LogP contribution is -2.20. The van der Waals surface area contributed by atoms with Crippen LogP contribution in [0.3, 0.4) is 0 Å². The largest absolute Gasteiger partial charge is 0.304 e. The summed E-state index contributed by atoms with van der Waals surface area (Å²) in [6.45, 7) is 2.53. The number of nitrogens with zero attached hydrogens (tertiary/aromatic N) is 1. The molecule has 0 fully saturated rings. The zero-order valence-electron chi connectivity index (χ0n) is 9.99. The first-order valence-electron chi connectivity index (χ1n) is 5.77. The van der Waals surface area contributed by atoms with E-state index >= 15 is 0 Å². The number of halogens is 2. The normalized spacial score (nSPS) is 12.6. The molecule has 0 radical (unpaired) electrons. The Morgan fingerprint density at radius 3 is 3.00 bits per heavy atom. The van der Waals surface area contributed by atoms with Crippen LogP contribution in [-0.4, -0.2) is 4.98 Å². The fourth-order valence-electron chi connectivity index (χ4n) is 1.72. The second kappa shape index (κ2) is 6.27. The van der Waals surface area contributed by atoms with E-state index in [2.05, 4.69) is 17.2 Å². The Hall–Kier alpha value is -0.970. The highest BCUT2D eigenvalue weighted by Crippen LogP contribution is 2.20. The van der Waals surface area contributed by atoms with E-state index in [9.17, 15) is 4.39 Å². The fourth-order valence-corrected chi connectivity index (χ4v) is 2.72. The van der Waals surface area contributed by atoms with Crippen molar-refractivity contribution in [3.63, 3.8) is 0 Å². The zero-order chi connectivity index (χ0) is 13.0. The highest BCUT2D eigenvalue weighted by Gasteiger charge is 2.12. The minimum absolute atomic E-state index is 0.156. The number of hydrogen-bond acceptors (Lipinski definition) is 3. The number of nitrogens with one attached hydrogen (secondary N) is 1. The lowest BCUT2D eigenvalue weighted by atomic mass is 10.2. The van der Waals surface area contributed by atoms with E-state index in [0.29, 0.717) is 17.1 Å². The van der Waals surface area contributed by atoms with Gasteiger partial charge < -0.3 is 5.32 Å². The van der Waals surface area contributed by atoms with Crippen molar-refractivity contribution in [2.75, 3.05) is 0 Å². The molecule has 0 aliphatic carbocycles. The summed E-state index contributed by atoms with van der Waals surface area (Å²) >= 11 is 7.47. The van der Waals surface area contributed by atoms with Gasteiger partial charge in [0.05, 0.1) is 6.04 Å². The van der Waals surface area contributed by atoms with Crippen LogP contribution in [0.1, 0.15) is 30.0 Å². The average Bonchev–Trinajstić information content (AvgIpc) is 2.88. The average molecular weight is 285 g/mol. The second-order valence-corrected chi connectivity index (χ2v) is 5.31. The number of hydrogen-bond donors (Lipinski definition) is 1. The zero-order valence-corrected chi connectivity index (χ0v) is 11.6. The lowest BCUT2D eigenvalue weighted by Gasteiger charge is -2.14. The van der Waals surface area contributed by atoms with Crippen LogP contribution in [0.25, 0.3) is 0 Å². The van der Waals surface area contributed by atoms with Gasteiger partial charge in [-0.1, -0.05) is 18.5 Å². The minimum atomic E-state index is -0.235. The maximum atomic E-state index is 13.6. The molecule has 0 saturated heterocycles. The van der Waals surface area contributed by atoms with Crippen molar-refractivity contribution in [1.29, 1.82) is 0 Å². The van der Waals surface area contributed by atoms with E-state index in [1.54, 1.807) is 29.7 Å². The van der Waals surface area contributed by atoms with Gasteiger partial charge in [-0.3, -0.25) is 0 Å². The van der Waals surface area contributed by atoms with Gasteiger partial charge in [0, 0.05) is 28.7 Å². The molecule has 1 unspecified atom stereocenters. The van der Waals surface area contributed by atoms with Crippen molar-refractivity contribution in [2.24, 2.45) is 0 Å². The molecule has 0 amide bonds. The van der Waals surface area contributed by atoms with E-state index < -0.39 is 0 Å². The molecule has 96 valence electrons. The van der Waals surface area contributed by atoms with Crippen molar-refractivity contribution in [2.45, 2.75) is 25.9 Å². The van der Waals surface area contributed by atoms with Gasteiger partial charge in [0.25, 0.3) is 0 Å². The molecule has 0 spiro atoms. The Bertz CT molecular complexity index is 502. The van der Waals surface area contributed by atoms with Crippen molar-refractivity contribution < 1.29 is 4.39 Å². The van der Waals surface area contributed by atoms with Gasteiger partial charge in [-0.05, 0) is 24.6 Å². The van der Waals surface area contributed by atoms with E-state index in [1.165, 1.54) is 6.07 Å². The standard InChI is InChI=1S/C13H14ClFN2S/c1-2-12(13-16-5-6-18-13)17-8-9-7-10(14)3-4-11(9)15/h3-7,12,17H,2,8H2,1H3. The summed E-state index contributed by atoms with van der Waals surface area (Å²) in [4.78, 5) is 4.28. The van der Waals surface area contributed by atoms with Gasteiger partial charge in [-0.15, -0.1) is 11.3 Å². The molecule has 5 heteroatoms. The Morgan fingerprint density at radius 2 is 2.33 bits per heavy atom. The highest BCUT2D eigenvalue weighted by molar-refractivity contribution is 7.09. The quantitative estimate of drug-likeness (QED) is 0.891. The van der Waals surface area contributed by atoms with Crippen LogP contribution in [0, 0.1) is 5.82 Å². The number of thiazole rings is 1. The molecular formula is C13H14ClFN2S. The van der Waals surface area contributed by atoms with Crippen LogP contribution < -0.4 is 5.32 Å². The molecule has 1 atom stereocenters. The van der Waals surface area contributed by atoms with Gasteiger partial charge in [-0.25, -0.2) is 9.37 Å². The van der Waals surface area contributed by atoms with Crippen molar-refractivity contribution in [3.05, 3.63) is 51.2 Å². The first-order valence-corrected chi connectivity index (χ1v) is 7.03. The number of rotatable bonds is 5. The van der Waals surface area contributed by atoms with Crippen LogP contribution in [0.4, 0.5) is 4.39 Å². The van der Waals surface area contributed by atoms with Gasteiger partial charge in [0.1, 0.15) is 10.8 Å². The van der Waals surface area contributed by atoms with Gasteiger partial charge >= 0.3 is 0 Å². The molecule has 1 N–H and O–H groups in total. The molecule has 2 nitrogen and oxygen atoms in total. The summed E-state index contributed by atoms with van der Waals surface area (Å²) in [6, 6.07) is 4.75. The summed E-state index contributed by atoms with van der Waals surface area (Å²) in [5.74, 6) is -0.235. The second-order valence-electron chi connectivity index (χ2n) is 3.95. The maximum absolute atomic E-state index is 13.6. The van der Waals surface area contributed by atoms with Gasteiger partial charge in [0.2, 0.25) is 0 Å². The number of aromatic nitrogens is 1. The van der Waals surface area contributed by atoms with Crippen molar-refractivity contribution >= 4 is 22.9 Å². The summed E-state index contributed by atoms with van der Waals surface area (Å²) in [6.07, 6.45) is 2.69. The van der Waals surface area contributed by atoms with E-state index in [4.69, 9.17) is 11.6 Å². The first kappa shape index (κ1) is 13.5. The molecule has 0 aliphatic rings. The third kappa shape index (κ3) is 3.28. The predicted octanol–water partition coefficient (Wildman–Crippen LogP) is 4.18. The van der Waals surface area contributed by atoms with E-state index in [0.717, 1.165) is 11.4 Å². The monoisotopic (exact) mass is 284 g/mol. The van der Waals surface area contributed by atoms with E-state index in [1.807, 2.05) is 5.38 Å². The molecule has 0 saturated carbocycles. The molecule has 0 aliphatic heterocycles. The lowest BCUT2D eigenvalue weighted by molar-refractivity contribution is 0.502. The Balaban J connectivity index is 2.04. The van der Waals surface area contributed by atoms with Crippen molar-refractivity contribution in [3.8, 4) is 0 Å². The topological polar surface area (TPSA) is 24.9 Å². The summed E-state index contributed by atoms with van der Waals surface area (Å²) in [7, 11) is 0. The molecular weight excluding hydrogens is 271 g/mol. The van der Waals surface area contributed by atoms with E-state index in [-0.39, 0.29) is 11.9 Å². The number of benzene rings is 1. The predicted molar refractivity (Wildman–Crippen MR) is 73.4 cm³/mol. The Labute approximate surface area is 115 Å². The molecule has 1 aromatic heterocycles. The van der Waals surface area contributed by atoms with Crippen LogP contribution in [0.2, 0.25) is 5.02 Å². The van der Waals surface area contributed by atoms with Crippen molar-refractivity contribution in [1.82, 2.24) is 10.3 Å². The third-order valence-corrected chi connectivity index (χ3v) is 3.83. The molecule has 1 aromatic carbocycles. The molecule has 18 heavy (non-hydrogen) atoms. The summed E-state index contributed by atoms with van der Waals surface area (Å²) in [5, 5.41) is 6.83.